The van der Waals surface area contributed by atoms with Crippen molar-refractivity contribution in [3.63, 3.8) is 0 Å². The molecule has 0 saturated heterocycles. The van der Waals surface area contributed by atoms with Crippen LogP contribution in [0.3, 0.4) is 0 Å². The maximum atomic E-state index is 12.2. The summed E-state index contributed by atoms with van der Waals surface area (Å²) in [6, 6.07) is 8.25. The zero-order valence-corrected chi connectivity index (χ0v) is 13.8. The number of halogens is 1. The van der Waals surface area contributed by atoms with Crippen LogP contribution in [-0.4, -0.2) is 18.0 Å². The van der Waals surface area contributed by atoms with Crippen molar-refractivity contribution in [3.05, 3.63) is 34.3 Å². The van der Waals surface area contributed by atoms with Crippen LogP contribution in [0.4, 0.5) is 0 Å². The molecular formula is C16H23BrN2O. The van der Waals surface area contributed by atoms with Crippen LogP contribution in [0.15, 0.2) is 28.7 Å². The molecule has 1 fully saturated rings. The molecule has 2 rings (SSSR count). The molecule has 0 heterocycles. The van der Waals surface area contributed by atoms with Gasteiger partial charge in [0, 0.05) is 16.4 Å². The zero-order valence-electron chi connectivity index (χ0n) is 12.2. The molecule has 110 valence electrons. The van der Waals surface area contributed by atoms with Gasteiger partial charge in [-0.3, -0.25) is 4.79 Å². The fourth-order valence-corrected chi connectivity index (χ4v) is 3.37. The Hall–Kier alpha value is -0.870. The fourth-order valence-electron chi connectivity index (χ4n) is 2.67. The molecule has 0 spiro atoms. The summed E-state index contributed by atoms with van der Waals surface area (Å²) in [4.78, 5) is 12.2. The zero-order chi connectivity index (χ0) is 14.8. The summed E-state index contributed by atoms with van der Waals surface area (Å²) < 4.78 is 1.12. The minimum absolute atomic E-state index is 0.0438. The molecule has 0 bridgehead atoms. The van der Waals surface area contributed by atoms with E-state index in [9.17, 15) is 4.79 Å². The number of rotatable bonds is 6. The van der Waals surface area contributed by atoms with Crippen LogP contribution < -0.4 is 11.1 Å². The minimum Gasteiger partial charge on any atom is -0.354 e. The van der Waals surface area contributed by atoms with Crippen molar-refractivity contribution >= 4 is 21.8 Å². The van der Waals surface area contributed by atoms with E-state index in [4.69, 9.17) is 5.73 Å². The molecule has 3 nitrogen and oxygen atoms in total. The third kappa shape index (κ3) is 3.23. The molecule has 20 heavy (non-hydrogen) atoms. The van der Waals surface area contributed by atoms with Crippen LogP contribution >= 0.6 is 15.9 Å². The molecular weight excluding hydrogens is 316 g/mol. The van der Waals surface area contributed by atoms with Gasteiger partial charge in [0.15, 0.2) is 0 Å². The second-order valence-electron chi connectivity index (χ2n) is 6.11. The van der Waals surface area contributed by atoms with E-state index in [1.54, 1.807) is 0 Å². The van der Waals surface area contributed by atoms with Gasteiger partial charge in [-0.2, -0.15) is 0 Å². The lowest BCUT2D eigenvalue weighted by Gasteiger charge is -2.25. The Labute approximate surface area is 129 Å². The Morgan fingerprint density at radius 1 is 1.45 bits per heavy atom. The summed E-state index contributed by atoms with van der Waals surface area (Å²) in [5, 5.41) is 3.05. The first-order valence-electron chi connectivity index (χ1n) is 7.23. The molecule has 4 heteroatoms. The molecule has 0 radical (unpaired) electrons. The molecule has 3 N–H and O–H groups in total. The first-order valence-corrected chi connectivity index (χ1v) is 8.03. The maximum Gasteiger partial charge on any atom is 0.239 e. The molecule has 1 aromatic rings. The van der Waals surface area contributed by atoms with Gasteiger partial charge in [0.05, 0.1) is 5.54 Å². The summed E-state index contributed by atoms with van der Waals surface area (Å²) >= 11 is 3.61. The van der Waals surface area contributed by atoms with Crippen LogP contribution in [0.5, 0.6) is 0 Å². The van der Waals surface area contributed by atoms with Gasteiger partial charge in [-0.25, -0.2) is 0 Å². The van der Waals surface area contributed by atoms with Crippen molar-refractivity contribution in [3.8, 4) is 0 Å². The molecule has 1 aliphatic rings. The Kier molecular flexibility index (Phi) is 4.55. The third-order valence-corrected chi connectivity index (χ3v) is 4.87. The van der Waals surface area contributed by atoms with Gasteiger partial charge in [0.25, 0.3) is 0 Å². The smallest absolute Gasteiger partial charge is 0.239 e. The Bertz CT molecular complexity index is 495. The lowest BCUT2D eigenvalue weighted by Crippen LogP contribution is -2.52. The van der Waals surface area contributed by atoms with Gasteiger partial charge in [-0.1, -0.05) is 47.5 Å². The van der Waals surface area contributed by atoms with Gasteiger partial charge in [-0.15, -0.1) is 0 Å². The van der Waals surface area contributed by atoms with Gasteiger partial charge in [-0.05, 0) is 37.8 Å². The molecule has 1 atom stereocenters. The van der Waals surface area contributed by atoms with E-state index in [-0.39, 0.29) is 11.3 Å². The molecule has 1 unspecified atom stereocenters. The lowest BCUT2D eigenvalue weighted by molar-refractivity contribution is -0.126. The Balaban J connectivity index is 2.01. The average molecular weight is 339 g/mol. The molecule has 1 amide bonds. The summed E-state index contributed by atoms with van der Waals surface area (Å²) in [5.41, 5.74) is 6.68. The van der Waals surface area contributed by atoms with Crippen LogP contribution in [0.1, 0.15) is 45.1 Å². The van der Waals surface area contributed by atoms with Crippen molar-refractivity contribution < 1.29 is 4.79 Å². The number of carbonyl (C=O) groups is 1. The van der Waals surface area contributed by atoms with Gasteiger partial charge in [0.1, 0.15) is 0 Å². The topological polar surface area (TPSA) is 55.1 Å². The second-order valence-corrected chi connectivity index (χ2v) is 6.96. The number of amides is 1. The number of nitrogens with one attached hydrogen (secondary N) is 1. The van der Waals surface area contributed by atoms with Crippen molar-refractivity contribution in [1.29, 1.82) is 0 Å². The largest absolute Gasteiger partial charge is 0.354 e. The molecule has 0 aliphatic heterocycles. The number of nitrogens with two attached hydrogens (primary N) is 1. The third-order valence-electron chi connectivity index (χ3n) is 4.17. The van der Waals surface area contributed by atoms with Crippen molar-refractivity contribution in [1.82, 2.24) is 5.32 Å². The summed E-state index contributed by atoms with van der Waals surface area (Å²) in [6.07, 6.45) is 3.85. The predicted octanol–water partition coefficient (Wildman–Crippen LogP) is 3.11. The Morgan fingerprint density at radius 3 is 2.65 bits per heavy atom. The fraction of sp³-hybridized carbons (Fsp3) is 0.562. The van der Waals surface area contributed by atoms with E-state index >= 15 is 0 Å². The standard InChI is InChI=1S/C16H23BrN2O/c1-3-8-15(2,18)14(20)19-11-16(9-10-16)12-6-4-5-7-13(12)17/h4-7H,3,8-11,18H2,1-2H3,(H,19,20). The number of benzene rings is 1. The molecule has 1 saturated carbocycles. The number of hydrogen-bond acceptors (Lipinski definition) is 2. The van der Waals surface area contributed by atoms with Crippen molar-refractivity contribution in [2.75, 3.05) is 6.54 Å². The highest BCUT2D eigenvalue weighted by Crippen LogP contribution is 2.49. The van der Waals surface area contributed by atoms with E-state index in [1.165, 1.54) is 5.56 Å². The van der Waals surface area contributed by atoms with Gasteiger partial charge < -0.3 is 11.1 Å². The van der Waals surface area contributed by atoms with Crippen LogP contribution in [0, 0.1) is 0 Å². The van der Waals surface area contributed by atoms with E-state index in [0.717, 1.165) is 23.7 Å². The normalized spacial score (nSPS) is 19.2. The minimum atomic E-state index is -0.765. The predicted molar refractivity (Wildman–Crippen MR) is 85.6 cm³/mol. The van der Waals surface area contributed by atoms with Gasteiger partial charge in [0.2, 0.25) is 5.91 Å². The maximum absolute atomic E-state index is 12.2. The molecule has 0 aromatic heterocycles. The highest BCUT2D eigenvalue weighted by molar-refractivity contribution is 9.10. The lowest BCUT2D eigenvalue weighted by atomic mass is 9.93. The van der Waals surface area contributed by atoms with E-state index < -0.39 is 5.54 Å². The quantitative estimate of drug-likeness (QED) is 0.837. The first-order chi connectivity index (χ1) is 9.41. The van der Waals surface area contributed by atoms with Crippen molar-refractivity contribution in [2.24, 2.45) is 5.73 Å². The summed E-state index contributed by atoms with van der Waals surface area (Å²) in [6.45, 7) is 4.52. The highest BCUT2D eigenvalue weighted by Gasteiger charge is 2.46. The SMILES string of the molecule is CCCC(C)(N)C(=O)NCC1(c2ccccc2Br)CC1. The molecule has 1 aromatic carbocycles. The van der Waals surface area contributed by atoms with E-state index in [1.807, 2.05) is 26.0 Å². The Morgan fingerprint density at radius 2 is 2.10 bits per heavy atom. The van der Waals surface area contributed by atoms with E-state index in [0.29, 0.717) is 13.0 Å². The average Bonchev–Trinajstić information content (AvgIpc) is 3.17. The van der Waals surface area contributed by atoms with Crippen LogP contribution in [-0.2, 0) is 10.2 Å². The monoisotopic (exact) mass is 338 g/mol. The second kappa shape index (κ2) is 5.86. The van der Waals surface area contributed by atoms with Crippen LogP contribution in [0.25, 0.3) is 0 Å². The highest BCUT2D eigenvalue weighted by atomic mass is 79.9. The first kappa shape index (κ1) is 15.5. The summed E-state index contributed by atoms with van der Waals surface area (Å²) in [5.74, 6) is -0.0438. The van der Waals surface area contributed by atoms with Crippen molar-refractivity contribution in [2.45, 2.75) is 50.5 Å². The summed E-state index contributed by atoms with van der Waals surface area (Å²) in [7, 11) is 0. The number of hydrogen-bond donors (Lipinski definition) is 2. The number of carbonyl (C=O) groups excluding carboxylic acids is 1. The van der Waals surface area contributed by atoms with Crippen LogP contribution in [0.2, 0.25) is 0 Å². The van der Waals surface area contributed by atoms with Gasteiger partial charge >= 0.3 is 0 Å². The van der Waals surface area contributed by atoms with E-state index in [2.05, 4.69) is 33.4 Å². The molecule has 1 aliphatic carbocycles.